The minimum atomic E-state index is -0.892. The highest BCUT2D eigenvalue weighted by Gasteiger charge is 2.24. The molecule has 0 radical (unpaired) electrons. The van der Waals surface area contributed by atoms with E-state index in [4.69, 9.17) is 9.84 Å². The topological polar surface area (TPSA) is 58.6 Å². The first-order valence-electron chi connectivity index (χ1n) is 6.71. The van der Waals surface area contributed by atoms with Crippen molar-refractivity contribution in [1.29, 1.82) is 0 Å². The minimum Gasteiger partial charge on any atom is -0.478 e. The molecule has 0 saturated carbocycles. The summed E-state index contributed by atoms with van der Waals surface area (Å²) in [4.78, 5) is 11.0. The van der Waals surface area contributed by atoms with E-state index in [1.165, 1.54) is 0 Å². The van der Waals surface area contributed by atoms with Gasteiger partial charge in [0.1, 0.15) is 0 Å². The van der Waals surface area contributed by atoms with E-state index in [-0.39, 0.29) is 12.2 Å². The van der Waals surface area contributed by atoms with Crippen LogP contribution in [0.15, 0.2) is 18.2 Å². The highest BCUT2D eigenvalue weighted by Crippen LogP contribution is 2.25. The fourth-order valence-electron chi connectivity index (χ4n) is 2.65. The van der Waals surface area contributed by atoms with Crippen LogP contribution in [-0.4, -0.2) is 29.3 Å². The van der Waals surface area contributed by atoms with Crippen LogP contribution in [0.25, 0.3) is 0 Å². The normalized spacial score (nSPS) is 27.0. The Hall–Kier alpha value is -1.55. The molecule has 1 fully saturated rings. The molecule has 0 bridgehead atoms. The summed E-state index contributed by atoms with van der Waals surface area (Å²) in [5.41, 5.74) is 2.30. The number of ether oxygens (including phenoxy) is 1. The van der Waals surface area contributed by atoms with Gasteiger partial charge in [0, 0.05) is 11.7 Å². The second-order valence-corrected chi connectivity index (χ2v) is 5.40. The molecule has 0 aliphatic carbocycles. The molecule has 19 heavy (non-hydrogen) atoms. The van der Waals surface area contributed by atoms with Crippen LogP contribution < -0.4 is 5.32 Å². The number of benzene rings is 1. The van der Waals surface area contributed by atoms with Gasteiger partial charge >= 0.3 is 5.97 Å². The Bertz CT molecular complexity index is 462. The number of carboxylic acid groups (broad SMARTS) is 1. The van der Waals surface area contributed by atoms with Gasteiger partial charge in [-0.2, -0.15) is 0 Å². The van der Waals surface area contributed by atoms with E-state index in [0.29, 0.717) is 11.6 Å². The molecule has 1 heterocycles. The Morgan fingerprint density at radius 3 is 2.53 bits per heavy atom. The molecule has 4 nitrogen and oxygen atoms in total. The number of hydrogen-bond donors (Lipinski definition) is 2. The van der Waals surface area contributed by atoms with Crippen molar-refractivity contribution in [2.24, 2.45) is 0 Å². The van der Waals surface area contributed by atoms with E-state index in [9.17, 15) is 4.79 Å². The van der Waals surface area contributed by atoms with Gasteiger partial charge in [0.25, 0.3) is 0 Å². The molecule has 0 amide bonds. The van der Waals surface area contributed by atoms with E-state index in [0.717, 1.165) is 24.1 Å². The van der Waals surface area contributed by atoms with Crippen LogP contribution in [0.5, 0.6) is 0 Å². The number of hydrogen-bond acceptors (Lipinski definition) is 3. The van der Waals surface area contributed by atoms with E-state index in [1.807, 2.05) is 13.0 Å². The van der Waals surface area contributed by atoms with Crippen LogP contribution in [0.2, 0.25) is 0 Å². The molecule has 1 aliphatic rings. The molecule has 1 aliphatic heterocycles. The molecule has 1 saturated heterocycles. The zero-order valence-corrected chi connectivity index (χ0v) is 11.6. The van der Waals surface area contributed by atoms with Gasteiger partial charge in [0.2, 0.25) is 0 Å². The standard InChI is InChI=1S/C15H21NO3/c1-9-4-5-12(15(17)18)8-14(9)16-13-6-10(2)19-11(3)7-13/h4-5,8,10-11,13,16H,6-7H2,1-3H3,(H,17,18). The smallest absolute Gasteiger partial charge is 0.335 e. The summed E-state index contributed by atoms with van der Waals surface area (Å²) in [5.74, 6) is -0.892. The lowest BCUT2D eigenvalue weighted by Gasteiger charge is -2.33. The second kappa shape index (κ2) is 5.61. The van der Waals surface area contributed by atoms with Crippen LogP contribution in [0.3, 0.4) is 0 Å². The molecule has 2 unspecified atom stereocenters. The van der Waals surface area contributed by atoms with Crippen molar-refractivity contribution in [3.63, 3.8) is 0 Å². The van der Waals surface area contributed by atoms with E-state index >= 15 is 0 Å². The Kier molecular flexibility index (Phi) is 4.10. The summed E-state index contributed by atoms with van der Waals surface area (Å²) in [6.45, 7) is 6.13. The lowest BCUT2D eigenvalue weighted by Crippen LogP contribution is -2.37. The average Bonchev–Trinajstić information content (AvgIpc) is 2.30. The quantitative estimate of drug-likeness (QED) is 0.880. The Labute approximate surface area is 113 Å². The first-order valence-corrected chi connectivity index (χ1v) is 6.71. The number of nitrogens with one attached hydrogen (secondary N) is 1. The molecular weight excluding hydrogens is 242 g/mol. The van der Waals surface area contributed by atoms with Gasteiger partial charge in [0.15, 0.2) is 0 Å². The third-order valence-corrected chi connectivity index (χ3v) is 3.54. The Morgan fingerprint density at radius 1 is 1.32 bits per heavy atom. The van der Waals surface area contributed by atoms with Crippen molar-refractivity contribution >= 4 is 11.7 Å². The number of anilines is 1. The maximum Gasteiger partial charge on any atom is 0.335 e. The number of carboxylic acids is 1. The van der Waals surface area contributed by atoms with Crippen LogP contribution in [-0.2, 0) is 4.74 Å². The lowest BCUT2D eigenvalue weighted by atomic mass is 9.99. The van der Waals surface area contributed by atoms with Crippen LogP contribution in [0.1, 0.15) is 42.6 Å². The summed E-state index contributed by atoms with van der Waals surface area (Å²) >= 11 is 0. The molecule has 1 aromatic rings. The molecule has 4 heteroatoms. The number of carbonyl (C=O) groups is 1. The fraction of sp³-hybridized carbons (Fsp3) is 0.533. The molecule has 0 spiro atoms. The van der Waals surface area contributed by atoms with Crippen LogP contribution in [0, 0.1) is 6.92 Å². The first-order chi connectivity index (χ1) is 8.95. The van der Waals surface area contributed by atoms with Crippen molar-refractivity contribution in [2.75, 3.05) is 5.32 Å². The van der Waals surface area contributed by atoms with Gasteiger partial charge in [-0.15, -0.1) is 0 Å². The molecular formula is C15H21NO3. The third kappa shape index (κ3) is 3.47. The molecule has 2 N–H and O–H groups in total. The zero-order valence-electron chi connectivity index (χ0n) is 11.6. The summed E-state index contributed by atoms with van der Waals surface area (Å²) < 4.78 is 5.71. The highest BCUT2D eigenvalue weighted by molar-refractivity contribution is 5.89. The van der Waals surface area contributed by atoms with Crippen molar-refractivity contribution in [3.05, 3.63) is 29.3 Å². The number of aromatic carboxylic acids is 1. The van der Waals surface area contributed by atoms with Gasteiger partial charge in [-0.25, -0.2) is 4.79 Å². The van der Waals surface area contributed by atoms with E-state index in [2.05, 4.69) is 19.2 Å². The van der Waals surface area contributed by atoms with Crippen LogP contribution in [0.4, 0.5) is 5.69 Å². The van der Waals surface area contributed by atoms with Crippen molar-refractivity contribution in [3.8, 4) is 0 Å². The number of rotatable bonds is 3. The number of aryl methyl sites for hydroxylation is 1. The largest absolute Gasteiger partial charge is 0.478 e. The Morgan fingerprint density at radius 2 is 1.95 bits per heavy atom. The molecule has 0 aromatic heterocycles. The van der Waals surface area contributed by atoms with Crippen molar-refractivity contribution < 1.29 is 14.6 Å². The predicted octanol–water partition coefficient (Wildman–Crippen LogP) is 3.06. The zero-order chi connectivity index (χ0) is 14.0. The van der Waals surface area contributed by atoms with Crippen molar-refractivity contribution in [1.82, 2.24) is 0 Å². The lowest BCUT2D eigenvalue weighted by molar-refractivity contribution is -0.0337. The van der Waals surface area contributed by atoms with Gasteiger partial charge in [-0.05, 0) is 51.3 Å². The summed E-state index contributed by atoms with van der Waals surface area (Å²) in [7, 11) is 0. The second-order valence-electron chi connectivity index (χ2n) is 5.40. The fourth-order valence-corrected chi connectivity index (χ4v) is 2.65. The van der Waals surface area contributed by atoms with Gasteiger partial charge < -0.3 is 15.2 Å². The highest BCUT2D eigenvalue weighted by atomic mass is 16.5. The van der Waals surface area contributed by atoms with Gasteiger partial charge in [0.05, 0.1) is 17.8 Å². The maximum atomic E-state index is 11.0. The van der Waals surface area contributed by atoms with E-state index in [1.54, 1.807) is 12.1 Å². The molecule has 104 valence electrons. The Balaban J connectivity index is 2.13. The third-order valence-electron chi connectivity index (χ3n) is 3.54. The summed E-state index contributed by atoms with van der Waals surface area (Å²) in [5, 5.41) is 12.5. The van der Waals surface area contributed by atoms with Gasteiger partial charge in [-0.3, -0.25) is 0 Å². The molecule has 1 aromatic carbocycles. The minimum absolute atomic E-state index is 0.240. The van der Waals surface area contributed by atoms with Crippen LogP contribution >= 0.6 is 0 Å². The maximum absolute atomic E-state index is 11.0. The van der Waals surface area contributed by atoms with Crippen molar-refractivity contribution in [2.45, 2.75) is 51.9 Å². The first kappa shape index (κ1) is 13.9. The summed E-state index contributed by atoms with van der Waals surface area (Å²) in [6, 6.07) is 5.53. The predicted molar refractivity (Wildman–Crippen MR) is 74.8 cm³/mol. The van der Waals surface area contributed by atoms with E-state index < -0.39 is 5.97 Å². The summed E-state index contributed by atoms with van der Waals surface area (Å²) in [6.07, 6.45) is 2.37. The average molecular weight is 263 g/mol. The molecule has 2 atom stereocenters. The van der Waals surface area contributed by atoms with Gasteiger partial charge in [-0.1, -0.05) is 6.07 Å². The SMILES string of the molecule is Cc1ccc(C(=O)O)cc1NC1CC(C)OC(C)C1. The monoisotopic (exact) mass is 263 g/mol. The molecule has 2 rings (SSSR count).